The average molecular weight is 449 g/mol. The van der Waals surface area contributed by atoms with E-state index in [-0.39, 0.29) is 35.1 Å². The molecule has 152 valence electrons. The second-order valence-electron chi connectivity index (χ2n) is 7.47. The van der Waals surface area contributed by atoms with Crippen molar-refractivity contribution in [2.24, 2.45) is 4.99 Å². The van der Waals surface area contributed by atoms with E-state index in [9.17, 15) is 13.2 Å². The van der Waals surface area contributed by atoms with Gasteiger partial charge in [0, 0.05) is 16.8 Å². The van der Waals surface area contributed by atoms with Crippen molar-refractivity contribution in [3.63, 3.8) is 0 Å². The maximum absolute atomic E-state index is 12.6. The largest absolute Gasteiger partial charge is 0.342 e. The van der Waals surface area contributed by atoms with Crippen molar-refractivity contribution in [1.29, 1.82) is 0 Å². The maximum Gasteiger partial charge on any atom is 0.252 e. The molecule has 1 amide bonds. The van der Waals surface area contributed by atoms with Crippen molar-refractivity contribution >= 4 is 44.3 Å². The number of aryl methyl sites for hydroxylation is 1. The lowest BCUT2D eigenvalue weighted by Crippen LogP contribution is -2.37. The standard InChI is InChI=1S/C21H21ClN2O3S2/c1-14-5-4-6-15(9-14)10-20(25)23-21-24(11-16-7-2-3-8-17(16)22)18-12-29(26,27)13-19(18)28-21/h2-9,18-19H,10-13H2,1H3. The van der Waals surface area contributed by atoms with Gasteiger partial charge in [-0.1, -0.05) is 71.4 Å². The Morgan fingerprint density at radius 3 is 2.76 bits per heavy atom. The minimum atomic E-state index is -3.08. The minimum Gasteiger partial charge on any atom is -0.342 e. The fourth-order valence-electron chi connectivity index (χ4n) is 3.77. The number of carbonyl (C=O) groups is 1. The molecule has 8 heteroatoms. The molecule has 2 aliphatic heterocycles. The summed E-state index contributed by atoms with van der Waals surface area (Å²) < 4.78 is 24.3. The highest BCUT2D eigenvalue weighted by Crippen LogP contribution is 2.39. The van der Waals surface area contributed by atoms with Crippen LogP contribution in [0.25, 0.3) is 0 Å². The van der Waals surface area contributed by atoms with E-state index in [4.69, 9.17) is 11.6 Å². The molecule has 29 heavy (non-hydrogen) atoms. The summed E-state index contributed by atoms with van der Waals surface area (Å²) in [7, 11) is -3.08. The van der Waals surface area contributed by atoms with Crippen molar-refractivity contribution < 1.29 is 13.2 Å². The summed E-state index contributed by atoms with van der Waals surface area (Å²) in [5.41, 5.74) is 2.90. The molecule has 2 saturated heterocycles. The van der Waals surface area contributed by atoms with Gasteiger partial charge in [0.05, 0.1) is 24.0 Å². The van der Waals surface area contributed by atoms with Gasteiger partial charge in [0.25, 0.3) is 5.91 Å². The van der Waals surface area contributed by atoms with Gasteiger partial charge < -0.3 is 4.90 Å². The highest BCUT2D eigenvalue weighted by atomic mass is 35.5. The number of nitrogens with zero attached hydrogens (tertiary/aromatic N) is 2. The van der Waals surface area contributed by atoms with Crippen LogP contribution in [0.2, 0.25) is 5.02 Å². The first-order valence-electron chi connectivity index (χ1n) is 9.35. The average Bonchev–Trinajstić information content (AvgIpc) is 3.09. The summed E-state index contributed by atoms with van der Waals surface area (Å²) in [6.07, 6.45) is 0.222. The molecule has 5 nitrogen and oxygen atoms in total. The van der Waals surface area contributed by atoms with E-state index >= 15 is 0 Å². The number of rotatable bonds is 4. The topological polar surface area (TPSA) is 66.8 Å². The number of fused-ring (bicyclic) bond motifs is 1. The Labute approximate surface area is 180 Å². The Morgan fingerprint density at radius 2 is 2.00 bits per heavy atom. The summed E-state index contributed by atoms with van der Waals surface area (Å²) in [6.45, 7) is 2.42. The molecule has 0 aromatic heterocycles. The van der Waals surface area contributed by atoms with Gasteiger partial charge in [0.1, 0.15) is 0 Å². The monoisotopic (exact) mass is 448 g/mol. The van der Waals surface area contributed by atoms with Crippen LogP contribution >= 0.6 is 23.4 Å². The van der Waals surface area contributed by atoms with Crippen LogP contribution in [-0.4, -0.2) is 47.2 Å². The molecule has 0 bridgehead atoms. The molecule has 2 fully saturated rings. The molecule has 2 aromatic rings. The first-order chi connectivity index (χ1) is 13.8. The molecule has 0 N–H and O–H groups in total. The third-order valence-electron chi connectivity index (χ3n) is 5.13. The van der Waals surface area contributed by atoms with Crippen molar-refractivity contribution in [3.8, 4) is 0 Å². The summed E-state index contributed by atoms with van der Waals surface area (Å²) in [4.78, 5) is 18.9. The molecule has 2 atom stereocenters. The van der Waals surface area contributed by atoms with Crippen LogP contribution in [0.3, 0.4) is 0 Å². The van der Waals surface area contributed by atoms with Crippen molar-refractivity contribution in [2.75, 3.05) is 11.5 Å². The van der Waals surface area contributed by atoms with Crippen molar-refractivity contribution in [1.82, 2.24) is 4.90 Å². The number of hydrogen-bond donors (Lipinski definition) is 0. The Morgan fingerprint density at radius 1 is 1.21 bits per heavy atom. The number of aliphatic imine (C=N–C) groups is 1. The van der Waals surface area contributed by atoms with Gasteiger partial charge in [0.15, 0.2) is 15.0 Å². The Balaban J connectivity index is 1.59. The minimum absolute atomic E-state index is 0.0835. The number of amides is 1. The van der Waals surface area contributed by atoms with E-state index < -0.39 is 9.84 Å². The second kappa shape index (κ2) is 8.13. The van der Waals surface area contributed by atoms with Crippen LogP contribution < -0.4 is 0 Å². The van der Waals surface area contributed by atoms with E-state index in [2.05, 4.69) is 4.99 Å². The first-order valence-corrected chi connectivity index (χ1v) is 12.4. The van der Waals surface area contributed by atoms with Crippen LogP contribution in [0.15, 0.2) is 53.5 Å². The number of benzene rings is 2. The molecule has 0 spiro atoms. The molecular formula is C21H21ClN2O3S2. The van der Waals surface area contributed by atoms with Gasteiger partial charge in [-0.25, -0.2) is 8.42 Å². The van der Waals surface area contributed by atoms with Crippen LogP contribution in [0, 0.1) is 6.92 Å². The number of hydrogen-bond acceptors (Lipinski definition) is 4. The molecule has 2 aliphatic rings. The number of thioether (sulfide) groups is 1. The van der Waals surface area contributed by atoms with Crippen LogP contribution in [0.5, 0.6) is 0 Å². The fraction of sp³-hybridized carbons (Fsp3) is 0.333. The number of amidine groups is 1. The smallest absolute Gasteiger partial charge is 0.252 e. The zero-order valence-electron chi connectivity index (χ0n) is 15.9. The highest BCUT2D eigenvalue weighted by Gasteiger charge is 2.48. The fourth-order valence-corrected chi connectivity index (χ4v) is 7.94. The van der Waals surface area contributed by atoms with Crippen LogP contribution in [0.1, 0.15) is 16.7 Å². The van der Waals surface area contributed by atoms with Crippen molar-refractivity contribution in [3.05, 3.63) is 70.2 Å². The predicted molar refractivity (Wildman–Crippen MR) is 118 cm³/mol. The zero-order chi connectivity index (χ0) is 20.6. The third kappa shape index (κ3) is 4.68. The van der Waals surface area contributed by atoms with Crippen molar-refractivity contribution in [2.45, 2.75) is 31.2 Å². The van der Waals surface area contributed by atoms with E-state index in [0.29, 0.717) is 16.7 Å². The van der Waals surface area contributed by atoms with Gasteiger partial charge >= 0.3 is 0 Å². The quantitative estimate of drug-likeness (QED) is 0.716. The molecule has 4 rings (SSSR count). The Kier molecular flexibility index (Phi) is 5.73. The molecule has 2 aromatic carbocycles. The SMILES string of the molecule is Cc1cccc(CC(=O)N=C2SC3CS(=O)(=O)CC3N2Cc2ccccc2Cl)c1. The highest BCUT2D eigenvalue weighted by molar-refractivity contribution is 8.15. The first kappa shape index (κ1) is 20.4. The normalized spacial score (nSPS) is 24.1. The van der Waals surface area contributed by atoms with Gasteiger partial charge in [-0.15, -0.1) is 0 Å². The predicted octanol–water partition coefficient (Wildman–Crippen LogP) is 3.49. The van der Waals surface area contributed by atoms with Crippen LogP contribution in [0.4, 0.5) is 0 Å². The van der Waals surface area contributed by atoms with Gasteiger partial charge in [-0.3, -0.25) is 4.79 Å². The molecule has 2 heterocycles. The van der Waals surface area contributed by atoms with E-state index in [1.807, 2.05) is 60.4 Å². The zero-order valence-corrected chi connectivity index (χ0v) is 18.3. The summed E-state index contributed by atoms with van der Waals surface area (Å²) in [5.74, 6) is -0.0304. The summed E-state index contributed by atoms with van der Waals surface area (Å²) in [6, 6.07) is 15.1. The van der Waals surface area contributed by atoms with E-state index in [1.54, 1.807) is 0 Å². The summed E-state index contributed by atoms with van der Waals surface area (Å²) in [5, 5.41) is 1.10. The molecule has 2 unspecified atom stereocenters. The molecule has 0 saturated carbocycles. The van der Waals surface area contributed by atoms with E-state index in [0.717, 1.165) is 16.7 Å². The van der Waals surface area contributed by atoms with E-state index in [1.165, 1.54) is 11.8 Å². The lowest BCUT2D eigenvalue weighted by Gasteiger charge is -2.25. The van der Waals surface area contributed by atoms with Gasteiger partial charge in [-0.2, -0.15) is 4.99 Å². The maximum atomic E-state index is 12.6. The molecule has 0 radical (unpaired) electrons. The number of halogens is 1. The Bertz CT molecular complexity index is 1080. The second-order valence-corrected chi connectivity index (χ2v) is 11.2. The van der Waals surface area contributed by atoms with Crippen LogP contribution in [-0.2, 0) is 27.6 Å². The Hall–Kier alpha value is -1.83. The molecular weight excluding hydrogens is 428 g/mol. The lowest BCUT2D eigenvalue weighted by molar-refractivity contribution is -0.117. The summed E-state index contributed by atoms with van der Waals surface area (Å²) >= 11 is 7.71. The number of carbonyl (C=O) groups excluding carboxylic acids is 1. The van der Waals surface area contributed by atoms with Gasteiger partial charge in [0.2, 0.25) is 0 Å². The lowest BCUT2D eigenvalue weighted by atomic mass is 10.1. The number of sulfone groups is 1. The van der Waals surface area contributed by atoms with Gasteiger partial charge in [-0.05, 0) is 24.1 Å². The third-order valence-corrected chi connectivity index (χ3v) is 8.75. The molecule has 0 aliphatic carbocycles.